The van der Waals surface area contributed by atoms with Crippen molar-refractivity contribution in [3.05, 3.63) is 90.6 Å². The molecule has 6 heterocycles. The number of rotatable bonds is 8. The number of hydrogen-bond acceptors (Lipinski definition) is 3. The molecule has 0 spiro atoms. The van der Waals surface area contributed by atoms with Crippen molar-refractivity contribution in [3.63, 3.8) is 0 Å². The largest absolute Gasteiger partial charge is 4.00 e. The zero-order valence-corrected chi connectivity index (χ0v) is 26.4. The van der Waals surface area contributed by atoms with Crippen LogP contribution in [0.3, 0.4) is 0 Å². The number of carbonyl (C=O) groups is 2. The normalized spacial score (nSPS) is 22.6. The fourth-order valence-corrected chi connectivity index (χ4v) is 6.89. The number of nitrogens with zero attached hydrogens (tertiary/aromatic N) is 4. The minimum absolute atomic E-state index is 0. The summed E-state index contributed by atoms with van der Waals surface area (Å²) in [5, 5.41) is 22.2. The summed E-state index contributed by atoms with van der Waals surface area (Å²) in [4.78, 5) is 40.6. The molecule has 9 heteroatoms. The van der Waals surface area contributed by atoms with E-state index >= 15 is 0 Å². The smallest absolute Gasteiger partial charge is 0.657 e. The zero-order valence-electron chi connectivity index (χ0n) is 25.3. The maximum atomic E-state index is 11.6. The van der Waals surface area contributed by atoms with E-state index in [9.17, 15) is 19.8 Å². The van der Waals surface area contributed by atoms with Gasteiger partial charge in [0.05, 0.1) is 5.54 Å². The third-order valence-corrected chi connectivity index (χ3v) is 9.51. The van der Waals surface area contributed by atoms with E-state index in [1.165, 1.54) is 0 Å². The first-order valence-electron chi connectivity index (χ1n) is 14.6. The van der Waals surface area contributed by atoms with Crippen molar-refractivity contribution in [3.8, 4) is 0 Å². The summed E-state index contributed by atoms with van der Waals surface area (Å²) in [6, 6.07) is 0. The molecule has 44 heavy (non-hydrogen) atoms. The van der Waals surface area contributed by atoms with Crippen molar-refractivity contribution in [2.45, 2.75) is 58.9 Å². The van der Waals surface area contributed by atoms with E-state index in [1.54, 1.807) is 6.08 Å². The first kappa shape index (κ1) is 31.2. The Bertz CT molecular complexity index is 2020. The number of aromatic nitrogens is 3. The molecule has 0 aromatic carbocycles. The van der Waals surface area contributed by atoms with E-state index in [-0.39, 0.29) is 41.4 Å². The van der Waals surface area contributed by atoms with Gasteiger partial charge in [0.15, 0.2) is 0 Å². The van der Waals surface area contributed by atoms with Gasteiger partial charge in [-0.3, -0.25) is 9.59 Å². The fraction of sp³-hybridized carbons (Fsp3) is 0.314. The van der Waals surface area contributed by atoms with Crippen LogP contribution in [-0.2, 0) is 33.1 Å². The van der Waals surface area contributed by atoms with Crippen LogP contribution in [-0.4, -0.2) is 39.1 Å². The molecule has 6 rings (SSSR count). The van der Waals surface area contributed by atoms with Crippen LogP contribution < -0.4 is 36.3 Å². The van der Waals surface area contributed by atoms with Crippen molar-refractivity contribution in [1.82, 2.24) is 19.9 Å². The average molecular weight is 632 g/mol. The minimum Gasteiger partial charge on any atom is -0.657 e. The molecule has 3 aromatic heterocycles. The summed E-state index contributed by atoms with van der Waals surface area (Å²) in [5.74, 6) is -1.65. The monoisotopic (exact) mass is 631 g/mol. The van der Waals surface area contributed by atoms with Crippen LogP contribution in [0, 0.1) is 26.7 Å². The Morgan fingerprint density at radius 1 is 0.864 bits per heavy atom. The van der Waals surface area contributed by atoms with Crippen molar-refractivity contribution in [2.24, 2.45) is 5.92 Å². The van der Waals surface area contributed by atoms with Gasteiger partial charge >= 0.3 is 29.0 Å². The van der Waals surface area contributed by atoms with Crippen molar-refractivity contribution < 1.29 is 36.9 Å². The van der Waals surface area contributed by atoms with E-state index < -0.39 is 11.9 Å². The molecule has 1 saturated heterocycles. The number of hydrogen-bond donors (Lipinski definition) is 2. The van der Waals surface area contributed by atoms with Crippen LogP contribution in [0.4, 0.5) is 0 Å². The van der Waals surface area contributed by atoms with E-state index in [4.69, 9.17) is 15.0 Å². The van der Waals surface area contributed by atoms with Gasteiger partial charge in [0.1, 0.15) is 0 Å². The van der Waals surface area contributed by atoms with Crippen molar-refractivity contribution in [2.75, 3.05) is 6.54 Å². The third-order valence-electron chi connectivity index (χ3n) is 9.51. The second kappa shape index (κ2) is 11.4. The standard InChI is InChI=1S/C35H35N4O4.Fe/c1-7-22-18(3)26-13-29-23(8-2)19(4)31(38-29)16-35-17-39(35)32(25(21(35)6)10-12-34(42)43)15-30-24(9-11-33(40)41)20(5)27(37-30)14-28(22)36-26;/h7-8,13-16,21H,1-2,9-12,17H2,3-6H3,(H,40,41)(H,42,43);/q-3;+4/b27-14-,29-13-,30-15-,31-16-;/t21?,35-,39?;/m1./s1. The molecule has 0 saturated carbocycles. The van der Waals surface area contributed by atoms with Gasteiger partial charge in [0.2, 0.25) is 0 Å². The summed E-state index contributed by atoms with van der Waals surface area (Å²) in [6.45, 7) is 17.1. The summed E-state index contributed by atoms with van der Waals surface area (Å²) in [5.41, 5.74) is 8.92. The second-order valence-electron chi connectivity index (χ2n) is 11.8. The zero-order chi connectivity index (χ0) is 30.8. The predicted octanol–water partition coefficient (Wildman–Crippen LogP) is 1.84. The minimum atomic E-state index is -0.871. The van der Waals surface area contributed by atoms with Crippen LogP contribution in [0.5, 0.6) is 0 Å². The molecule has 3 aromatic rings. The summed E-state index contributed by atoms with van der Waals surface area (Å²) in [6.07, 6.45) is 12.6. The Morgan fingerprint density at radius 2 is 1.50 bits per heavy atom. The topological polar surface area (TPSA) is 120 Å². The van der Waals surface area contributed by atoms with E-state index in [0.717, 1.165) is 78.6 Å². The van der Waals surface area contributed by atoms with Crippen molar-refractivity contribution >= 4 is 48.4 Å². The van der Waals surface area contributed by atoms with Crippen LogP contribution in [0.25, 0.3) is 36.5 Å². The number of fused-ring (bicyclic) bond motifs is 6. The van der Waals surface area contributed by atoms with Gasteiger partial charge < -0.3 is 30.1 Å². The summed E-state index contributed by atoms with van der Waals surface area (Å²) in [7, 11) is 0. The van der Waals surface area contributed by atoms with Crippen LogP contribution in [0.1, 0.15) is 71.0 Å². The van der Waals surface area contributed by atoms with Crippen LogP contribution in [0.2, 0.25) is 0 Å². The molecule has 3 aliphatic heterocycles. The second-order valence-corrected chi connectivity index (χ2v) is 11.8. The molecule has 0 radical (unpaired) electrons. The molecule has 8 bridgehead atoms. The van der Waals surface area contributed by atoms with E-state index in [1.807, 2.05) is 38.2 Å². The Hall–Kier alpha value is -4.20. The summed E-state index contributed by atoms with van der Waals surface area (Å²) < 4.78 is 0. The quantitative estimate of drug-likeness (QED) is 0.286. The number of carboxylic acids is 2. The maximum Gasteiger partial charge on any atom is 4.00 e. The molecular weight excluding hydrogens is 596 g/mol. The van der Waals surface area contributed by atoms with Crippen LogP contribution in [0.15, 0.2) is 24.4 Å². The molecular formula is C35H35FeN4O4+. The molecule has 8 nitrogen and oxygen atoms in total. The van der Waals surface area contributed by atoms with Gasteiger partial charge in [0.25, 0.3) is 0 Å². The van der Waals surface area contributed by atoms with E-state index in [2.05, 4.69) is 38.0 Å². The fourth-order valence-electron chi connectivity index (χ4n) is 6.89. The molecule has 2 atom stereocenters. The molecule has 1 unspecified atom stereocenters. The van der Waals surface area contributed by atoms with Crippen molar-refractivity contribution in [1.29, 1.82) is 0 Å². The molecule has 0 amide bonds. The van der Waals surface area contributed by atoms with Gasteiger partial charge in [-0.05, 0) is 50.3 Å². The Balaban J connectivity index is 0.00000384. The van der Waals surface area contributed by atoms with Gasteiger partial charge in [0, 0.05) is 31.0 Å². The number of allylic oxidation sites excluding steroid dienone is 1. The molecule has 1 fully saturated rings. The average Bonchev–Trinajstić information content (AvgIpc) is 3.25. The first-order valence-corrected chi connectivity index (χ1v) is 14.6. The SMILES string of the molecule is C=Cc1c2[n-]c(c1C)/C=c1\[n-]/c(c(C)c1C=C)=C\[C@]13CN1C(=C(CCC(=O)O)C3C)/C=c1\[n-]/c(c(C)c1CCC(=O)O)=C\2.[Fe+4]. The third kappa shape index (κ3) is 4.94. The summed E-state index contributed by atoms with van der Waals surface area (Å²) >= 11 is 0. The maximum absolute atomic E-state index is 11.6. The Kier molecular flexibility index (Phi) is 8.08. The first-order chi connectivity index (χ1) is 20.5. The molecule has 2 N–H and O–H groups in total. The van der Waals surface area contributed by atoms with Gasteiger partial charge in [-0.1, -0.05) is 78.8 Å². The Labute approximate surface area is 266 Å². The number of aliphatic carboxylic acids is 2. The van der Waals surface area contributed by atoms with Gasteiger partial charge in [-0.2, -0.15) is 0 Å². The molecule has 226 valence electrons. The Morgan fingerprint density at radius 3 is 2.16 bits per heavy atom. The van der Waals surface area contributed by atoms with Gasteiger partial charge in [-0.25, -0.2) is 0 Å². The molecule has 0 aliphatic carbocycles. The molecule has 3 aliphatic rings. The number of carboxylic acid groups (broad SMARTS) is 2. The van der Waals surface area contributed by atoms with Gasteiger partial charge in [-0.15, -0.1) is 32.8 Å². The van der Waals surface area contributed by atoms with Crippen LogP contribution >= 0.6 is 0 Å². The van der Waals surface area contributed by atoms with E-state index in [0.29, 0.717) is 18.2 Å². The predicted molar refractivity (Wildman–Crippen MR) is 167 cm³/mol.